The summed E-state index contributed by atoms with van der Waals surface area (Å²) in [6.07, 6.45) is 8.24. The lowest BCUT2D eigenvalue weighted by molar-refractivity contribution is -0.147. The monoisotopic (exact) mass is 692 g/mol. The van der Waals surface area contributed by atoms with Crippen molar-refractivity contribution in [1.82, 2.24) is 30.7 Å². The van der Waals surface area contributed by atoms with E-state index in [1.165, 1.54) is 9.80 Å². The van der Waals surface area contributed by atoms with Gasteiger partial charge in [-0.3, -0.25) is 29.0 Å². The first kappa shape index (κ1) is 38.3. The van der Waals surface area contributed by atoms with Crippen LogP contribution in [0.4, 0.5) is 0 Å². The van der Waals surface area contributed by atoms with Crippen molar-refractivity contribution in [2.45, 2.75) is 95.9 Å². The summed E-state index contributed by atoms with van der Waals surface area (Å²) in [5, 5.41) is 19.4. The van der Waals surface area contributed by atoms with Gasteiger partial charge in [0, 0.05) is 51.9 Å². The van der Waals surface area contributed by atoms with Crippen molar-refractivity contribution in [3.63, 3.8) is 0 Å². The molecule has 50 heavy (non-hydrogen) atoms. The van der Waals surface area contributed by atoms with Crippen LogP contribution in [0.2, 0.25) is 0 Å². The number of pyridine rings is 1. The lowest BCUT2D eigenvalue weighted by atomic mass is 10.0. The number of aromatic nitrogens is 1. The van der Waals surface area contributed by atoms with Gasteiger partial charge in [-0.15, -0.1) is 0 Å². The van der Waals surface area contributed by atoms with Gasteiger partial charge >= 0.3 is 0 Å². The van der Waals surface area contributed by atoms with E-state index in [0.717, 1.165) is 44.1 Å². The molecule has 5 amide bonds. The molecule has 13 heteroatoms. The topological polar surface area (TPSA) is 170 Å². The van der Waals surface area contributed by atoms with Crippen LogP contribution < -0.4 is 20.7 Å². The number of hydrogen-bond acceptors (Lipinski definition) is 8. The Hall–Kier alpha value is -4.52. The maximum absolute atomic E-state index is 14.2. The molecule has 4 rings (SSSR count). The number of likely N-dealkylation sites (N-methyl/N-ethyl adjacent to an activating group) is 1. The zero-order chi connectivity index (χ0) is 36.0. The van der Waals surface area contributed by atoms with Crippen molar-refractivity contribution < 1.29 is 33.8 Å². The van der Waals surface area contributed by atoms with Gasteiger partial charge in [0.1, 0.15) is 23.9 Å². The molecule has 4 atom stereocenters. The molecule has 272 valence electrons. The lowest BCUT2D eigenvalue weighted by Gasteiger charge is -2.34. The molecular formula is C37H52N6O7. The van der Waals surface area contributed by atoms with E-state index in [2.05, 4.69) is 20.9 Å². The molecule has 0 unspecified atom stereocenters. The number of hydrogen-bond donors (Lipinski definition) is 4. The fourth-order valence-electron chi connectivity index (χ4n) is 6.45. The van der Waals surface area contributed by atoms with Gasteiger partial charge in [-0.1, -0.05) is 57.7 Å². The maximum Gasteiger partial charge on any atom is 0.257 e. The van der Waals surface area contributed by atoms with E-state index >= 15 is 0 Å². The smallest absolute Gasteiger partial charge is 0.257 e. The highest BCUT2D eigenvalue weighted by Gasteiger charge is 2.44. The van der Waals surface area contributed by atoms with Crippen LogP contribution in [0.15, 0.2) is 48.8 Å². The number of amides is 5. The van der Waals surface area contributed by atoms with Crippen LogP contribution in [-0.4, -0.2) is 107 Å². The third kappa shape index (κ3) is 11.0. The first-order valence-corrected chi connectivity index (χ1v) is 17.8. The molecule has 2 aliphatic rings. The van der Waals surface area contributed by atoms with E-state index in [9.17, 15) is 29.1 Å². The Kier molecular flexibility index (Phi) is 14.6. The molecule has 13 nitrogen and oxygen atoms in total. The second-order valence-corrected chi connectivity index (χ2v) is 13.6. The molecule has 0 saturated carbocycles. The Balaban J connectivity index is 1.61. The van der Waals surface area contributed by atoms with Gasteiger partial charge in [0.2, 0.25) is 17.7 Å². The normalized spacial score (nSPS) is 24.2. The predicted molar refractivity (Wildman–Crippen MR) is 187 cm³/mol. The quantitative estimate of drug-likeness (QED) is 0.378. The highest BCUT2D eigenvalue weighted by Crippen LogP contribution is 2.25. The molecule has 4 N–H and O–H groups in total. The van der Waals surface area contributed by atoms with Gasteiger partial charge in [0.15, 0.2) is 6.61 Å². The fraction of sp³-hybridized carbons (Fsp3) is 0.568. The Bertz CT molecular complexity index is 1450. The van der Waals surface area contributed by atoms with E-state index in [1.54, 1.807) is 49.8 Å². The second kappa shape index (κ2) is 19.0. The molecule has 0 radical (unpaired) electrons. The Morgan fingerprint density at radius 2 is 1.62 bits per heavy atom. The summed E-state index contributed by atoms with van der Waals surface area (Å²) in [6.45, 7) is 4.43. The highest BCUT2D eigenvalue weighted by molar-refractivity contribution is 6.00. The van der Waals surface area contributed by atoms with Gasteiger partial charge in [-0.2, -0.15) is 0 Å². The first-order valence-electron chi connectivity index (χ1n) is 17.8. The summed E-state index contributed by atoms with van der Waals surface area (Å²) in [5.74, 6) is -1.97. The fourth-order valence-corrected chi connectivity index (χ4v) is 6.45. The zero-order valence-corrected chi connectivity index (χ0v) is 29.4. The van der Waals surface area contributed by atoms with Crippen LogP contribution in [0.25, 0.3) is 0 Å². The summed E-state index contributed by atoms with van der Waals surface area (Å²) in [6, 6.07) is 7.18. The van der Waals surface area contributed by atoms with E-state index in [-0.39, 0.29) is 61.5 Å². The number of rotatable bonds is 4. The van der Waals surface area contributed by atoms with Gasteiger partial charge < -0.3 is 35.6 Å². The molecule has 0 aliphatic carbocycles. The third-order valence-corrected chi connectivity index (χ3v) is 9.14. The van der Waals surface area contributed by atoms with Gasteiger partial charge in [0.25, 0.3) is 11.8 Å². The molecule has 1 aromatic carbocycles. The maximum atomic E-state index is 14.2. The molecule has 1 aromatic heterocycles. The summed E-state index contributed by atoms with van der Waals surface area (Å²) < 4.78 is 5.75. The lowest BCUT2D eigenvalue weighted by Crippen LogP contribution is -2.57. The number of carbonyl (C=O) groups excluding carboxylic acids is 5. The largest absolute Gasteiger partial charge is 0.483 e. The number of nitrogens with one attached hydrogen (secondary N) is 3. The average Bonchev–Trinajstić information content (AvgIpc) is 3.50. The van der Waals surface area contributed by atoms with E-state index in [4.69, 9.17) is 4.74 Å². The number of ether oxygens (including phenoxy) is 1. The van der Waals surface area contributed by atoms with Gasteiger partial charge in [0.05, 0.1) is 11.7 Å². The molecule has 3 heterocycles. The number of aliphatic hydroxyl groups excluding tert-OH is 1. The summed E-state index contributed by atoms with van der Waals surface area (Å²) in [7, 11) is 1.55. The predicted octanol–water partition coefficient (Wildman–Crippen LogP) is 2.22. The molecule has 2 aliphatic heterocycles. The van der Waals surface area contributed by atoms with Crippen LogP contribution in [0.3, 0.4) is 0 Å². The van der Waals surface area contributed by atoms with E-state index in [0.29, 0.717) is 13.1 Å². The van der Waals surface area contributed by atoms with Crippen molar-refractivity contribution in [3.05, 3.63) is 59.9 Å². The van der Waals surface area contributed by atoms with Crippen LogP contribution >= 0.6 is 0 Å². The zero-order valence-electron chi connectivity index (χ0n) is 29.4. The number of para-hydroxylation sites is 1. The molecule has 0 bridgehead atoms. The molecule has 1 fully saturated rings. The van der Waals surface area contributed by atoms with Crippen LogP contribution in [0.1, 0.15) is 81.1 Å². The van der Waals surface area contributed by atoms with Gasteiger partial charge in [-0.25, -0.2) is 0 Å². The number of carbonyl (C=O) groups is 5. The van der Waals surface area contributed by atoms with Crippen molar-refractivity contribution in [1.29, 1.82) is 0 Å². The Morgan fingerprint density at radius 1 is 0.920 bits per heavy atom. The van der Waals surface area contributed by atoms with Crippen LogP contribution in [-0.2, 0) is 25.6 Å². The molecule has 0 spiro atoms. The standard InChI is InChI=1S/C37H52N6O7/c1-25(2)19-29-36(48)43-23-27(44)21-31(43)37(49)42(3)30(20-26-13-12-16-38-22-26)35(47)40-18-11-7-5-4-6-10-17-39-33(45)24-50-32-15-9-8-14-28(32)34(46)41-29/h8-9,12-16,22,25,27,29-31,44H,4-7,10-11,17-21,23-24H2,1-3H3,(H,39,45)(H,40,47)(H,41,46)/t27-,29+,30-,31+/m0/s1. The summed E-state index contributed by atoms with van der Waals surface area (Å²) in [5.41, 5.74) is 0.932. The van der Waals surface area contributed by atoms with Crippen molar-refractivity contribution in [2.24, 2.45) is 5.92 Å². The minimum absolute atomic E-state index is 0.00275. The Morgan fingerprint density at radius 3 is 2.32 bits per heavy atom. The summed E-state index contributed by atoms with van der Waals surface area (Å²) >= 11 is 0. The number of aliphatic hydroxyl groups is 1. The second-order valence-electron chi connectivity index (χ2n) is 13.6. The third-order valence-electron chi connectivity index (χ3n) is 9.14. The SMILES string of the molecule is CC(C)C[C@H]1NC(=O)c2ccccc2OCC(=O)NCCCCCCCCNC(=O)[C@H](Cc2cccnc2)N(C)C(=O)[C@H]2C[C@H](O)CN2C1=O. The summed E-state index contributed by atoms with van der Waals surface area (Å²) in [4.78, 5) is 75.0. The molecular weight excluding hydrogens is 640 g/mol. The van der Waals surface area contributed by atoms with E-state index < -0.39 is 42.0 Å². The number of nitrogens with zero attached hydrogens (tertiary/aromatic N) is 3. The van der Waals surface area contributed by atoms with Crippen molar-refractivity contribution in [3.8, 4) is 5.75 Å². The van der Waals surface area contributed by atoms with Crippen molar-refractivity contribution in [2.75, 3.05) is 33.3 Å². The van der Waals surface area contributed by atoms with Crippen LogP contribution in [0.5, 0.6) is 5.75 Å². The number of benzene rings is 1. The molecule has 2 aromatic rings. The van der Waals surface area contributed by atoms with E-state index in [1.807, 2.05) is 19.9 Å². The Labute approximate surface area is 294 Å². The minimum Gasteiger partial charge on any atom is -0.483 e. The van der Waals surface area contributed by atoms with Gasteiger partial charge in [-0.05, 0) is 48.9 Å². The number of fused-ring (bicyclic) bond motifs is 2. The minimum atomic E-state index is -1.04. The van der Waals surface area contributed by atoms with Crippen LogP contribution in [0, 0.1) is 5.92 Å². The molecule has 1 saturated heterocycles. The highest BCUT2D eigenvalue weighted by atomic mass is 16.5. The van der Waals surface area contributed by atoms with Crippen molar-refractivity contribution >= 4 is 29.5 Å². The first-order chi connectivity index (χ1) is 24.0. The average molecular weight is 693 g/mol.